The highest BCUT2D eigenvalue weighted by atomic mass is 35.5. The van der Waals surface area contributed by atoms with Crippen LogP contribution in [0.15, 0.2) is 48.5 Å². The maximum atomic E-state index is 12.1. The molecule has 2 rings (SSSR count). The lowest BCUT2D eigenvalue weighted by Crippen LogP contribution is -2.24. The first-order valence-corrected chi connectivity index (χ1v) is 8.72. The highest BCUT2D eigenvalue weighted by Gasteiger charge is 2.11. The van der Waals surface area contributed by atoms with Gasteiger partial charge in [-0.15, -0.1) is 0 Å². The summed E-state index contributed by atoms with van der Waals surface area (Å²) in [5.74, 6) is -0.320. The van der Waals surface area contributed by atoms with Crippen molar-refractivity contribution in [1.82, 2.24) is 5.32 Å². The Labute approximate surface area is 134 Å². The maximum Gasteiger partial charge on any atom is 0.253 e. The summed E-state index contributed by atoms with van der Waals surface area (Å²) in [5.41, 5.74) is 1.47. The zero-order valence-corrected chi connectivity index (χ0v) is 13.4. The van der Waals surface area contributed by atoms with Crippen LogP contribution >= 0.6 is 11.6 Å². The number of halogens is 1. The van der Waals surface area contributed by atoms with E-state index in [9.17, 15) is 13.2 Å². The fourth-order valence-corrected chi connectivity index (χ4v) is 2.71. The van der Waals surface area contributed by atoms with E-state index >= 15 is 0 Å². The van der Waals surface area contributed by atoms with Crippen LogP contribution in [0, 0.1) is 0 Å². The van der Waals surface area contributed by atoms with Crippen molar-refractivity contribution in [3.8, 4) is 0 Å². The Balaban J connectivity index is 2.12. The van der Waals surface area contributed by atoms with E-state index in [1.807, 2.05) is 0 Å². The smallest absolute Gasteiger partial charge is 0.253 e. The quantitative estimate of drug-likeness (QED) is 0.880. The van der Waals surface area contributed by atoms with Gasteiger partial charge < -0.3 is 5.32 Å². The molecular weight excluding hydrogens is 324 g/mol. The average molecular weight is 339 g/mol. The van der Waals surface area contributed by atoms with Crippen LogP contribution in [0.25, 0.3) is 0 Å². The molecule has 0 spiro atoms. The molecule has 0 unspecified atom stereocenters. The van der Waals surface area contributed by atoms with Crippen molar-refractivity contribution in [2.24, 2.45) is 0 Å². The van der Waals surface area contributed by atoms with Gasteiger partial charge in [-0.25, -0.2) is 8.42 Å². The molecule has 7 heteroatoms. The van der Waals surface area contributed by atoms with E-state index in [0.29, 0.717) is 21.8 Å². The van der Waals surface area contributed by atoms with E-state index in [-0.39, 0.29) is 12.5 Å². The first-order valence-electron chi connectivity index (χ1n) is 6.45. The van der Waals surface area contributed by atoms with E-state index in [4.69, 9.17) is 11.6 Å². The normalized spacial score (nSPS) is 11.0. The summed E-state index contributed by atoms with van der Waals surface area (Å²) in [6, 6.07) is 13.6. The number of carbonyl (C=O) groups excluding carboxylic acids is 1. The summed E-state index contributed by atoms with van der Waals surface area (Å²) in [7, 11) is -3.38. The van der Waals surface area contributed by atoms with E-state index in [1.54, 1.807) is 48.5 Å². The fraction of sp³-hybridized carbons (Fsp3) is 0.133. The monoisotopic (exact) mass is 338 g/mol. The zero-order chi connectivity index (χ0) is 16.2. The molecule has 1 amide bonds. The minimum atomic E-state index is -3.38. The number of para-hydroxylation sites is 1. The fourth-order valence-electron chi connectivity index (χ4n) is 1.89. The Morgan fingerprint density at radius 2 is 1.73 bits per heavy atom. The van der Waals surface area contributed by atoms with Crippen molar-refractivity contribution in [1.29, 1.82) is 0 Å². The Morgan fingerprint density at radius 3 is 2.41 bits per heavy atom. The highest BCUT2D eigenvalue weighted by molar-refractivity contribution is 7.92. The first kappa shape index (κ1) is 16.3. The molecule has 5 nitrogen and oxygen atoms in total. The van der Waals surface area contributed by atoms with Gasteiger partial charge in [0.1, 0.15) is 0 Å². The molecule has 0 aliphatic heterocycles. The van der Waals surface area contributed by atoms with Crippen LogP contribution in [0.5, 0.6) is 0 Å². The molecule has 2 N–H and O–H groups in total. The number of hydrogen-bond donors (Lipinski definition) is 2. The lowest BCUT2D eigenvalue weighted by molar-refractivity contribution is 0.0951. The number of benzene rings is 2. The molecular formula is C15H15ClN2O3S. The van der Waals surface area contributed by atoms with Gasteiger partial charge in [0, 0.05) is 6.54 Å². The van der Waals surface area contributed by atoms with Gasteiger partial charge >= 0.3 is 0 Å². The predicted molar refractivity (Wildman–Crippen MR) is 87.5 cm³/mol. The highest BCUT2D eigenvalue weighted by Crippen LogP contribution is 2.18. The Morgan fingerprint density at radius 1 is 1.09 bits per heavy atom. The minimum absolute atomic E-state index is 0.183. The topological polar surface area (TPSA) is 75.3 Å². The molecule has 0 saturated carbocycles. The molecule has 2 aromatic carbocycles. The van der Waals surface area contributed by atoms with E-state index in [2.05, 4.69) is 10.0 Å². The van der Waals surface area contributed by atoms with Crippen molar-refractivity contribution in [2.45, 2.75) is 6.54 Å². The van der Waals surface area contributed by atoms with Gasteiger partial charge in [-0.2, -0.15) is 0 Å². The third-order valence-corrected chi connectivity index (χ3v) is 3.79. The second-order valence-corrected chi connectivity index (χ2v) is 6.85. The molecule has 0 aliphatic rings. The first-order chi connectivity index (χ1) is 10.4. The van der Waals surface area contributed by atoms with E-state index in [1.165, 1.54) is 0 Å². The summed E-state index contributed by atoms with van der Waals surface area (Å²) in [6.07, 6.45) is 1.08. The lowest BCUT2D eigenvalue weighted by atomic mass is 10.1. The summed E-state index contributed by atoms with van der Waals surface area (Å²) in [6.45, 7) is 0.183. The molecule has 0 aromatic heterocycles. The largest absolute Gasteiger partial charge is 0.348 e. The minimum Gasteiger partial charge on any atom is -0.348 e. The molecule has 0 atom stereocenters. The molecule has 22 heavy (non-hydrogen) atoms. The van der Waals surface area contributed by atoms with Gasteiger partial charge in [0.15, 0.2) is 0 Å². The van der Waals surface area contributed by atoms with Crippen LogP contribution in [0.2, 0.25) is 5.02 Å². The van der Waals surface area contributed by atoms with Crippen molar-refractivity contribution in [3.05, 3.63) is 64.7 Å². The van der Waals surface area contributed by atoms with Crippen LogP contribution < -0.4 is 10.0 Å². The standard InChI is InChI=1S/C15H15ClN2O3S/c1-22(20,21)18-14-9-5-2-6-11(14)10-17-15(19)12-7-3-4-8-13(12)16/h2-9,18H,10H2,1H3,(H,17,19). The Kier molecular flexibility index (Phi) is 5.05. The van der Waals surface area contributed by atoms with Crippen LogP contribution in [0.3, 0.4) is 0 Å². The number of nitrogens with one attached hydrogen (secondary N) is 2. The summed E-state index contributed by atoms with van der Waals surface area (Å²) in [5, 5.41) is 3.09. The van der Waals surface area contributed by atoms with Crippen molar-refractivity contribution in [2.75, 3.05) is 11.0 Å². The van der Waals surface area contributed by atoms with Gasteiger partial charge in [-0.3, -0.25) is 9.52 Å². The molecule has 0 saturated heterocycles. The third-order valence-electron chi connectivity index (χ3n) is 2.87. The molecule has 0 radical (unpaired) electrons. The van der Waals surface area contributed by atoms with Crippen LogP contribution in [0.1, 0.15) is 15.9 Å². The van der Waals surface area contributed by atoms with E-state index in [0.717, 1.165) is 6.26 Å². The molecule has 116 valence electrons. The third kappa shape index (κ3) is 4.47. The van der Waals surface area contributed by atoms with Gasteiger partial charge in [-0.05, 0) is 23.8 Å². The van der Waals surface area contributed by atoms with Crippen LogP contribution in [-0.2, 0) is 16.6 Å². The molecule has 2 aromatic rings. The van der Waals surface area contributed by atoms with Gasteiger partial charge in [-0.1, -0.05) is 41.9 Å². The van der Waals surface area contributed by atoms with Crippen molar-refractivity contribution in [3.63, 3.8) is 0 Å². The number of anilines is 1. The van der Waals surface area contributed by atoms with Crippen LogP contribution in [-0.4, -0.2) is 20.6 Å². The summed E-state index contributed by atoms with van der Waals surface area (Å²) >= 11 is 5.97. The number of sulfonamides is 1. The Hall–Kier alpha value is -2.05. The van der Waals surface area contributed by atoms with Crippen LogP contribution in [0.4, 0.5) is 5.69 Å². The SMILES string of the molecule is CS(=O)(=O)Nc1ccccc1CNC(=O)c1ccccc1Cl. The van der Waals surface area contributed by atoms with Crippen molar-refractivity contribution < 1.29 is 13.2 Å². The molecule has 0 heterocycles. The van der Waals surface area contributed by atoms with Gasteiger partial charge in [0.05, 0.1) is 22.5 Å². The average Bonchev–Trinajstić information content (AvgIpc) is 2.45. The van der Waals surface area contributed by atoms with E-state index < -0.39 is 10.0 Å². The Bertz CT molecular complexity index is 791. The number of rotatable bonds is 5. The number of amides is 1. The second kappa shape index (κ2) is 6.81. The summed E-state index contributed by atoms with van der Waals surface area (Å²) < 4.78 is 25.1. The number of carbonyl (C=O) groups is 1. The number of hydrogen-bond acceptors (Lipinski definition) is 3. The van der Waals surface area contributed by atoms with Gasteiger partial charge in [0.2, 0.25) is 10.0 Å². The maximum absolute atomic E-state index is 12.1. The lowest BCUT2D eigenvalue weighted by Gasteiger charge is -2.12. The van der Waals surface area contributed by atoms with Crippen molar-refractivity contribution >= 4 is 33.2 Å². The predicted octanol–water partition coefficient (Wildman–Crippen LogP) is 2.64. The summed E-state index contributed by atoms with van der Waals surface area (Å²) in [4.78, 5) is 12.1. The second-order valence-electron chi connectivity index (χ2n) is 4.69. The molecule has 0 fully saturated rings. The van der Waals surface area contributed by atoms with Gasteiger partial charge in [0.25, 0.3) is 5.91 Å². The molecule has 0 aliphatic carbocycles. The zero-order valence-electron chi connectivity index (χ0n) is 11.8. The molecule has 0 bridgehead atoms.